The highest BCUT2D eigenvalue weighted by Gasteiger charge is 2.09. The van der Waals surface area contributed by atoms with Gasteiger partial charge in [-0.2, -0.15) is 0 Å². The molecule has 0 aliphatic carbocycles. The van der Waals surface area contributed by atoms with Gasteiger partial charge in [0.15, 0.2) is 0 Å². The number of hydrogen-bond donors (Lipinski definition) is 2. The molecule has 0 aliphatic rings. The number of amides is 1. The third-order valence-electron chi connectivity index (χ3n) is 4.62. The van der Waals surface area contributed by atoms with Crippen LogP contribution in [0, 0.1) is 0 Å². The summed E-state index contributed by atoms with van der Waals surface area (Å²) >= 11 is 0. The van der Waals surface area contributed by atoms with Crippen LogP contribution in [-0.4, -0.2) is 29.5 Å². The summed E-state index contributed by atoms with van der Waals surface area (Å²) in [7, 11) is 1.66. The maximum Gasteiger partial charge on any atom is 0.258 e. The Bertz CT molecular complexity index is 938. The van der Waals surface area contributed by atoms with Crippen molar-refractivity contribution in [3.8, 4) is 5.75 Å². The van der Waals surface area contributed by atoms with E-state index < -0.39 is 0 Å². The van der Waals surface area contributed by atoms with Crippen molar-refractivity contribution < 1.29 is 9.53 Å². The molecule has 3 aromatic rings. The Labute approximate surface area is 171 Å². The lowest BCUT2D eigenvalue weighted by atomic mass is 10.0. The molecule has 6 heteroatoms. The van der Waals surface area contributed by atoms with E-state index in [4.69, 9.17) is 4.74 Å². The smallest absolute Gasteiger partial charge is 0.258 e. The lowest BCUT2D eigenvalue weighted by Gasteiger charge is -2.10. The van der Waals surface area contributed by atoms with Gasteiger partial charge in [-0.3, -0.25) is 4.79 Å². The van der Waals surface area contributed by atoms with Gasteiger partial charge in [0.05, 0.1) is 12.7 Å². The second-order valence-electron chi connectivity index (χ2n) is 7.01. The number of rotatable bonds is 8. The molecule has 150 valence electrons. The second-order valence-corrected chi connectivity index (χ2v) is 7.01. The summed E-state index contributed by atoms with van der Waals surface area (Å²) in [6.07, 6.45) is 3.83. The number of carbonyl (C=O) groups excluding carboxylic acids is 1. The number of nitrogens with zero attached hydrogens (tertiary/aromatic N) is 2. The lowest BCUT2D eigenvalue weighted by molar-refractivity contribution is 0.102. The van der Waals surface area contributed by atoms with E-state index in [9.17, 15) is 4.79 Å². The number of hydrogen-bond acceptors (Lipinski definition) is 5. The third-order valence-corrected chi connectivity index (χ3v) is 4.62. The first kappa shape index (κ1) is 20.3. The van der Waals surface area contributed by atoms with Crippen molar-refractivity contribution in [2.24, 2.45) is 0 Å². The average molecular weight is 390 g/mol. The van der Waals surface area contributed by atoms with Crippen LogP contribution in [0.3, 0.4) is 0 Å². The van der Waals surface area contributed by atoms with Crippen LogP contribution in [0.4, 0.5) is 11.6 Å². The summed E-state index contributed by atoms with van der Waals surface area (Å²) in [6.45, 7) is 4.93. The Morgan fingerprint density at radius 1 is 1.03 bits per heavy atom. The SMILES string of the molecule is COc1ccccc1CCNc1ncc(C(=O)Nc2ccc(C(C)C)cc2)cn1. The molecule has 0 fully saturated rings. The Balaban J connectivity index is 1.53. The van der Waals surface area contributed by atoms with Crippen LogP contribution in [0.25, 0.3) is 0 Å². The standard InChI is InChI=1S/C23H26N4O2/c1-16(2)17-8-10-20(11-9-17)27-22(28)19-14-25-23(26-15-19)24-13-12-18-6-4-5-7-21(18)29-3/h4-11,14-16H,12-13H2,1-3H3,(H,27,28)(H,24,25,26). The number of aromatic nitrogens is 2. The molecule has 3 rings (SSSR count). The molecule has 6 nitrogen and oxygen atoms in total. The van der Waals surface area contributed by atoms with Gasteiger partial charge in [-0.05, 0) is 41.7 Å². The van der Waals surface area contributed by atoms with Crippen LogP contribution in [0.5, 0.6) is 5.75 Å². The Morgan fingerprint density at radius 2 is 1.72 bits per heavy atom. The number of anilines is 2. The number of para-hydroxylation sites is 1. The fourth-order valence-electron chi connectivity index (χ4n) is 2.91. The summed E-state index contributed by atoms with van der Waals surface area (Å²) in [5, 5.41) is 6.04. The molecule has 0 atom stereocenters. The Kier molecular flexibility index (Phi) is 6.79. The molecule has 1 amide bonds. The van der Waals surface area contributed by atoms with Crippen LogP contribution in [0.1, 0.15) is 41.3 Å². The van der Waals surface area contributed by atoms with Crippen molar-refractivity contribution in [3.63, 3.8) is 0 Å². The second kappa shape index (κ2) is 9.68. The minimum Gasteiger partial charge on any atom is -0.496 e. The fraction of sp³-hybridized carbons (Fsp3) is 0.261. The van der Waals surface area contributed by atoms with Gasteiger partial charge >= 0.3 is 0 Å². The summed E-state index contributed by atoms with van der Waals surface area (Å²) in [5.74, 6) is 1.57. The predicted octanol–water partition coefficient (Wildman–Crippen LogP) is 4.52. The van der Waals surface area contributed by atoms with Crippen LogP contribution >= 0.6 is 0 Å². The molecule has 0 unspecified atom stereocenters. The largest absolute Gasteiger partial charge is 0.496 e. The molecular weight excluding hydrogens is 364 g/mol. The minimum absolute atomic E-state index is 0.233. The van der Waals surface area contributed by atoms with Gasteiger partial charge in [0, 0.05) is 24.6 Å². The van der Waals surface area contributed by atoms with E-state index in [-0.39, 0.29) is 5.91 Å². The lowest BCUT2D eigenvalue weighted by Crippen LogP contribution is -2.14. The van der Waals surface area contributed by atoms with Crippen LogP contribution in [-0.2, 0) is 6.42 Å². The Hall–Kier alpha value is -3.41. The molecule has 2 N–H and O–H groups in total. The van der Waals surface area contributed by atoms with E-state index in [1.54, 1.807) is 7.11 Å². The van der Waals surface area contributed by atoms with E-state index in [0.717, 1.165) is 23.4 Å². The molecule has 0 aliphatic heterocycles. The summed E-state index contributed by atoms with van der Waals surface area (Å²) in [5.41, 5.74) is 3.50. The van der Waals surface area contributed by atoms with Gasteiger partial charge in [0.1, 0.15) is 5.75 Å². The first-order chi connectivity index (χ1) is 14.1. The Morgan fingerprint density at radius 3 is 2.38 bits per heavy atom. The highest BCUT2D eigenvalue weighted by Crippen LogP contribution is 2.18. The zero-order valence-electron chi connectivity index (χ0n) is 17.0. The molecule has 0 bridgehead atoms. The van der Waals surface area contributed by atoms with Crippen molar-refractivity contribution in [1.29, 1.82) is 0 Å². The quantitative estimate of drug-likeness (QED) is 0.592. The van der Waals surface area contributed by atoms with Crippen molar-refractivity contribution in [1.82, 2.24) is 9.97 Å². The zero-order valence-corrected chi connectivity index (χ0v) is 17.0. The molecule has 0 spiro atoms. The first-order valence-corrected chi connectivity index (χ1v) is 9.66. The van der Waals surface area contributed by atoms with E-state index in [2.05, 4.69) is 34.4 Å². The number of benzene rings is 2. The average Bonchev–Trinajstić information content (AvgIpc) is 2.75. The molecule has 29 heavy (non-hydrogen) atoms. The van der Waals surface area contributed by atoms with Gasteiger partial charge in [-0.15, -0.1) is 0 Å². The summed E-state index contributed by atoms with van der Waals surface area (Å²) < 4.78 is 5.35. The van der Waals surface area contributed by atoms with Crippen LogP contribution in [0.15, 0.2) is 60.9 Å². The van der Waals surface area contributed by atoms with Crippen molar-refractivity contribution in [2.45, 2.75) is 26.2 Å². The fourth-order valence-corrected chi connectivity index (χ4v) is 2.91. The molecule has 0 saturated heterocycles. The van der Waals surface area contributed by atoms with E-state index in [1.807, 2.05) is 48.5 Å². The zero-order chi connectivity index (χ0) is 20.6. The highest BCUT2D eigenvalue weighted by atomic mass is 16.5. The van der Waals surface area contributed by atoms with Gasteiger partial charge in [0.25, 0.3) is 5.91 Å². The predicted molar refractivity (Wildman–Crippen MR) is 116 cm³/mol. The molecule has 0 radical (unpaired) electrons. The molecular formula is C23H26N4O2. The van der Waals surface area contributed by atoms with Crippen molar-refractivity contribution in [2.75, 3.05) is 24.3 Å². The van der Waals surface area contributed by atoms with Crippen LogP contribution in [0.2, 0.25) is 0 Å². The molecule has 1 aromatic heterocycles. The molecule has 1 heterocycles. The van der Waals surface area contributed by atoms with E-state index >= 15 is 0 Å². The number of ether oxygens (including phenoxy) is 1. The third kappa shape index (κ3) is 5.54. The van der Waals surface area contributed by atoms with Crippen molar-refractivity contribution >= 4 is 17.5 Å². The summed E-state index contributed by atoms with van der Waals surface area (Å²) in [6, 6.07) is 15.7. The monoisotopic (exact) mass is 390 g/mol. The van der Waals surface area contributed by atoms with Gasteiger partial charge in [0.2, 0.25) is 5.95 Å². The normalized spacial score (nSPS) is 10.6. The van der Waals surface area contributed by atoms with Gasteiger partial charge < -0.3 is 15.4 Å². The maximum absolute atomic E-state index is 12.4. The first-order valence-electron chi connectivity index (χ1n) is 9.66. The molecule has 0 saturated carbocycles. The van der Waals surface area contributed by atoms with Crippen molar-refractivity contribution in [3.05, 3.63) is 77.6 Å². The van der Waals surface area contributed by atoms with E-state index in [1.165, 1.54) is 18.0 Å². The van der Waals surface area contributed by atoms with Crippen LogP contribution < -0.4 is 15.4 Å². The number of carbonyl (C=O) groups is 1. The number of nitrogens with one attached hydrogen (secondary N) is 2. The maximum atomic E-state index is 12.4. The van der Waals surface area contributed by atoms with Gasteiger partial charge in [-0.25, -0.2) is 9.97 Å². The highest BCUT2D eigenvalue weighted by molar-refractivity contribution is 6.03. The topological polar surface area (TPSA) is 76.1 Å². The van der Waals surface area contributed by atoms with Gasteiger partial charge in [-0.1, -0.05) is 44.2 Å². The number of methoxy groups -OCH3 is 1. The van der Waals surface area contributed by atoms with E-state index in [0.29, 0.717) is 24.0 Å². The summed E-state index contributed by atoms with van der Waals surface area (Å²) in [4.78, 5) is 20.9. The molecule has 2 aromatic carbocycles. The minimum atomic E-state index is -0.233.